The normalized spacial score (nSPS) is 28.0. The van der Waals surface area contributed by atoms with Crippen molar-refractivity contribution in [3.63, 3.8) is 0 Å². The Morgan fingerprint density at radius 2 is 2.18 bits per heavy atom. The third kappa shape index (κ3) is 2.99. The molecule has 2 aromatic heterocycles. The molecule has 0 aromatic carbocycles. The van der Waals surface area contributed by atoms with Gasteiger partial charge in [-0.1, -0.05) is 0 Å². The van der Waals surface area contributed by atoms with Gasteiger partial charge in [-0.15, -0.1) is 11.3 Å². The molecule has 3 atom stereocenters. The van der Waals surface area contributed by atoms with Crippen LogP contribution in [0.2, 0.25) is 0 Å². The summed E-state index contributed by atoms with van der Waals surface area (Å²) in [5, 5.41) is 12.8. The number of hydrogen-bond acceptors (Lipinski definition) is 5. The molecule has 2 aromatic rings. The zero-order valence-corrected chi connectivity index (χ0v) is 14.2. The van der Waals surface area contributed by atoms with Gasteiger partial charge in [0.05, 0.1) is 24.6 Å². The van der Waals surface area contributed by atoms with Crippen LogP contribution in [0.25, 0.3) is 0 Å². The molecule has 1 aliphatic heterocycles. The van der Waals surface area contributed by atoms with E-state index in [1.165, 1.54) is 4.88 Å². The summed E-state index contributed by atoms with van der Waals surface area (Å²) < 4.78 is 17.3. The Hall–Kier alpha value is -1.14. The highest BCUT2D eigenvalue weighted by molar-refractivity contribution is 7.10. The van der Waals surface area contributed by atoms with Crippen LogP contribution in [0, 0.1) is 13.8 Å². The number of rotatable bonds is 4. The first-order valence-electron chi connectivity index (χ1n) is 7.44. The molecule has 0 saturated carbocycles. The van der Waals surface area contributed by atoms with Crippen molar-refractivity contribution in [2.24, 2.45) is 0 Å². The second kappa shape index (κ2) is 5.49. The fourth-order valence-electron chi connectivity index (χ4n) is 2.86. The van der Waals surface area contributed by atoms with Gasteiger partial charge in [-0.05, 0) is 45.2 Å². The summed E-state index contributed by atoms with van der Waals surface area (Å²) in [5.74, 6) is 0.0649. The van der Waals surface area contributed by atoms with Gasteiger partial charge in [0.1, 0.15) is 5.76 Å². The molecule has 3 rings (SSSR count). The third-order valence-corrected chi connectivity index (χ3v) is 5.03. The maximum atomic E-state index is 10.7. The van der Waals surface area contributed by atoms with Gasteiger partial charge in [-0.3, -0.25) is 0 Å². The van der Waals surface area contributed by atoms with E-state index >= 15 is 0 Å². The van der Waals surface area contributed by atoms with E-state index < -0.39 is 11.4 Å². The fraction of sp³-hybridized carbons (Fsp3) is 0.529. The lowest BCUT2D eigenvalue weighted by Gasteiger charge is -2.26. The molecule has 120 valence electrons. The number of hydrogen-bond donors (Lipinski definition) is 1. The average Bonchev–Trinajstić information content (AvgIpc) is 3.11. The first-order valence-corrected chi connectivity index (χ1v) is 8.32. The van der Waals surface area contributed by atoms with Crippen molar-refractivity contribution in [1.29, 1.82) is 0 Å². The van der Waals surface area contributed by atoms with Gasteiger partial charge in [0, 0.05) is 22.4 Å². The Kier molecular flexibility index (Phi) is 3.93. The summed E-state index contributed by atoms with van der Waals surface area (Å²) in [6.07, 6.45) is 1.91. The predicted molar refractivity (Wildman–Crippen MR) is 84.9 cm³/mol. The maximum Gasteiger partial charge on any atom is 0.193 e. The molecule has 4 nitrogen and oxygen atoms in total. The van der Waals surface area contributed by atoms with Crippen LogP contribution in [-0.2, 0) is 20.9 Å². The van der Waals surface area contributed by atoms with Gasteiger partial charge in [0.15, 0.2) is 5.79 Å². The number of furan rings is 1. The van der Waals surface area contributed by atoms with E-state index in [2.05, 4.69) is 18.4 Å². The Morgan fingerprint density at radius 1 is 1.41 bits per heavy atom. The Morgan fingerprint density at radius 3 is 2.77 bits per heavy atom. The van der Waals surface area contributed by atoms with E-state index in [1.807, 2.05) is 19.9 Å². The zero-order valence-electron chi connectivity index (χ0n) is 13.4. The Balaban J connectivity index is 1.70. The zero-order chi connectivity index (χ0) is 16.0. The van der Waals surface area contributed by atoms with Gasteiger partial charge in [-0.2, -0.15) is 0 Å². The van der Waals surface area contributed by atoms with Crippen molar-refractivity contribution < 1.29 is 19.0 Å². The SMILES string of the molecule is Cc1cc(C(C)(O)CC2COC(C)(c3csc(C)c3)O2)co1. The molecule has 0 bridgehead atoms. The van der Waals surface area contributed by atoms with E-state index in [0.29, 0.717) is 13.0 Å². The van der Waals surface area contributed by atoms with Crippen LogP contribution < -0.4 is 0 Å². The highest BCUT2D eigenvalue weighted by Gasteiger charge is 2.42. The summed E-state index contributed by atoms with van der Waals surface area (Å²) in [7, 11) is 0. The molecular formula is C17H22O4S. The lowest BCUT2D eigenvalue weighted by Crippen LogP contribution is -2.30. The van der Waals surface area contributed by atoms with Crippen LogP contribution in [0.3, 0.4) is 0 Å². The molecule has 0 amide bonds. The maximum absolute atomic E-state index is 10.7. The monoisotopic (exact) mass is 322 g/mol. The first kappa shape index (κ1) is 15.7. The molecular weight excluding hydrogens is 300 g/mol. The molecule has 1 aliphatic rings. The summed E-state index contributed by atoms with van der Waals surface area (Å²) in [5.41, 5.74) is 0.812. The van der Waals surface area contributed by atoms with E-state index in [4.69, 9.17) is 13.9 Å². The van der Waals surface area contributed by atoms with Crippen LogP contribution in [0.15, 0.2) is 28.2 Å². The number of aliphatic hydroxyl groups is 1. The molecule has 0 radical (unpaired) electrons. The fourth-order valence-corrected chi connectivity index (χ4v) is 3.65. The summed E-state index contributed by atoms with van der Waals surface area (Å²) in [6, 6.07) is 3.95. The van der Waals surface area contributed by atoms with Crippen LogP contribution in [-0.4, -0.2) is 17.8 Å². The smallest absolute Gasteiger partial charge is 0.193 e. The van der Waals surface area contributed by atoms with Crippen molar-refractivity contribution in [2.45, 2.75) is 51.6 Å². The average molecular weight is 322 g/mol. The van der Waals surface area contributed by atoms with Gasteiger partial charge in [0.25, 0.3) is 0 Å². The van der Waals surface area contributed by atoms with Crippen LogP contribution in [0.1, 0.15) is 42.0 Å². The summed E-state index contributed by atoms with van der Waals surface area (Å²) in [6.45, 7) is 8.12. The first-order chi connectivity index (χ1) is 10.3. The topological polar surface area (TPSA) is 51.8 Å². The largest absolute Gasteiger partial charge is 0.469 e. The standard InChI is InChI=1S/C17H22O4S/c1-11-5-13(8-19-11)16(3,18)7-15-9-20-17(4,21-15)14-6-12(2)22-10-14/h5-6,8,10,15,18H,7,9H2,1-4H3. The number of thiophene rings is 1. The third-order valence-electron chi connectivity index (χ3n) is 4.17. The molecule has 0 aliphatic carbocycles. The summed E-state index contributed by atoms with van der Waals surface area (Å²) in [4.78, 5) is 1.23. The molecule has 3 heterocycles. The molecule has 1 N–H and O–H groups in total. The summed E-state index contributed by atoms with van der Waals surface area (Å²) >= 11 is 1.68. The molecule has 0 spiro atoms. The van der Waals surface area contributed by atoms with Crippen molar-refractivity contribution >= 4 is 11.3 Å². The lowest BCUT2D eigenvalue weighted by atomic mass is 9.92. The molecule has 1 fully saturated rings. The molecule has 1 saturated heterocycles. The minimum atomic E-state index is -0.998. The highest BCUT2D eigenvalue weighted by atomic mass is 32.1. The van der Waals surface area contributed by atoms with Crippen molar-refractivity contribution in [3.05, 3.63) is 45.5 Å². The Bertz CT molecular complexity index is 657. The molecule has 22 heavy (non-hydrogen) atoms. The van der Waals surface area contributed by atoms with Crippen molar-refractivity contribution in [2.75, 3.05) is 6.61 Å². The van der Waals surface area contributed by atoms with Crippen LogP contribution in [0.5, 0.6) is 0 Å². The molecule has 3 unspecified atom stereocenters. The van der Waals surface area contributed by atoms with E-state index in [9.17, 15) is 5.11 Å². The van der Waals surface area contributed by atoms with E-state index in [1.54, 1.807) is 24.5 Å². The highest BCUT2D eigenvalue weighted by Crippen LogP contribution is 2.39. The van der Waals surface area contributed by atoms with E-state index in [-0.39, 0.29) is 6.10 Å². The Labute approximate surface area is 134 Å². The lowest BCUT2D eigenvalue weighted by molar-refractivity contribution is -0.167. The predicted octanol–water partition coefficient (Wildman–Crippen LogP) is 3.84. The van der Waals surface area contributed by atoms with Crippen molar-refractivity contribution in [1.82, 2.24) is 0 Å². The molecule has 5 heteroatoms. The van der Waals surface area contributed by atoms with Crippen LogP contribution in [0.4, 0.5) is 0 Å². The van der Waals surface area contributed by atoms with Gasteiger partial charge >= 0.3 is 0 Å². The van der Waals surface area contributed by atoms with Crippen LogP contribution >= 0.6 is 11.3 Å². The minimum absolute atomic E-state index is 0.157. The number of ether oxygens (including phenoxy) is 2. The number of aryl methyl sites for hydroxylation is 2. The van der Waals surface area contributed by atoms with E-state index in [0.717, 1.165) is 16.9 Å². The van der Waals surface area contributed by atoms with Crippen molar-refractivity contribution in [3.8, 4) is 0 Å². The van der Waals surface area contributed by atoms with Gasteiger partial charge in [-0.25, -0.2) is 0 Å². The second-order valence-electron chi connectivity index (χ2n) is 6.37. The quantitative estimate of drug-likeness (QED) is 0.929. The van der Waals surface area contributed by atoms with Gasteiger partial charge in [0.2, 0.25) is 0 Å². The second-order valence-corrected chi connectivity index (χ2v) is 7.48. The minimum Gasteiger partial charge on any atom is -0.469 e. The van der Waals surface area contributed by atoms with Gasteiger partial charge < -0.3 is 19.0 Å².